The molecule has 2 unspecified atom stereocenters. The molecule has 20 heavy (non-hydrogen) atoms. The highest BCUT2D eigenvalue weighted by Crippen LogP contribution is 2.31. The van der Waals surface area contributed by atoms with Crippen molar-refractivity contribution in [3.05, 3.63) is 29.8 Å². The Bertz CT molecular complexity index is 439. The van der Waals surface area contributed by atoms with E-state index in [9.17, 15) is 4.79 Å². The van der Waals surface area contributed by atoms with Crippen LogP contribution in [0.1, 0.15) is 49.9 Å². The first-order chi connectivity index (χ1) is 9.60. The number of esters is 1. The van der Waals surface area contributed by atoms with Crippen LogP contribution in [0.4, 0.5) is 5.69 Å². The molecule has 0 bridgehead atoms. The lowest BCUT2D eigenvalue weighted by molar-refractivity contribution is 0.0601. The Morgan fingerprint density at radius 2 is 1.95 bits per heavy atom. The summed E-state index contributed by atoms with van der Waals surface area (Å²) in [5.74, 6) is 1.31. The third kappa shape index (κ3) is 3.75. The highest BCUT2D eigenvalue weighted by Gasteiger charge is 2.23. The molecule has 1 N–H and O–H groups in total. The second-order valence-corrected chi connectivity index (χ2v) is 6.08. The predicted molar refractivity (Wildman–Crippen MR) is 82.0 cm³/mol. The summed E-state index contributed by atoms with van der Waals surface area (Å²) >= 11 is 0. The molecule has 1 aliphatic carbocycles. The standard InChI is InChI=1S/C17H25NO2/c1-12(2)14-5-4-6-16(11-14)18-15-9-7-13(8-10-15)17(19)20-3/h7-10,12,14,16,18H,4-6,11H2,1-3H3. The molecule has 1 saturated carbocycles. The number of nitrogens with one attached hydrogen (secondary N) is 1. The summed E-state index contributed by atoms with van der Waals surface area (Å²) in [6.45, 7) is 4.64. The van der Waals surface area contributed by atoms with Crippen molar-refractivity contribution < 1.29 is 9.53 Å². The summed E-state index contributed by atoms with van der Waals surface area (Å²) in [7, 11) is 1.41. The van der Waals surface area contributed by atoms with Gasteiger partial charge >= 0.3 is 5.97 Å². The van der Waals surface area contributed by atoms with Crippen molar-refractivity contribution in [1.29, 1.82) is 0 Å². The van der Waals surface area contributed by atoms with Gasteiger partial charge in [0, 0.05) is 11.7 Å². The highest BCUT2D eigenvalue weighted by molar-refractivity contribution is 5.89. The van der Waals surface area contributed by atoms with Gasteiger partial charge in [0.1, 0.15) is 0 Å². The number of carbonyl (C=O) groups excluding carboxylic acids is 1. The number of anilines is 1. The lowest BCUT2D eigenvalue weighted by Crippen LogP contribution is -2.29. The molecule has 0 radical (unpaired) electrons. The third-order valence-corrected chi connectivity index (χ3v) is 4.33. The van der Waals surface area contributed by atoms with Gasteiger partial charge in [-0.05, 0) is 48.9 Å². The minimum Gasteiger partial charge on any atom is -0.465 e. The second-order valence-electron chi connectivity index (χ2n) is 6.08. The Morgan fingerprint density at radius 1 is 1.25 bits per heavy atom. The van der Waals surface area contributed by atoms with Gasteiger partial charge in [-0.25, -0.2) is 4.79 Å². The number of hydrogen-bond donors (Lipinski definition) is 1. The van der Waals surface area contributed by atoms with E-state index < -0.39 is 0 Å². The van der Waals surface area contributed by atoms with Crippen molar-refractivity contribution in [1.82, 2.24) is 0 Å². The van der Waals surface area contributed by atoms with Crippen LogP contribution in [0.15, 0.2) is 24.3 Å². The van der Waals surface area contributed by atoms with E-state index in [1.165, 1.54) is 32.8 Å². The zero-order valence-corrected chi connectivity index (χ0v) is 12.7. The van der Waals surface area contributed by atoms with Gasteiger partial charge in [-0.3, -0.25) is 0 Å². The van der Waals surface area contributed by atoms with E-state index >= 15 is 0 Å². The topological polar surface area (TPSA) is 38.3 Å². The molecular formula is C17H25NO2. The normalized spacial score (nSPS) is 22.6. The fraction of sp³-hybridized carbons (Fsp3) is 0.588. The monoisotopic (exact) mass is 275 g/mol. The lowest BCUT2D eigenvalue weighted by atomic mass is 9.79. The van der Waals surface area contributed by atoms with Gasteiger partial charge in [-0.2, -0.15) is 0 Å². The van der Waals surface area contributed by atoms with Crippen molar-refractivity contribution in [2.45, 2.75) is 45.6 Å². The molecule has 0 heterocycles. The van der Waals surface area contributed by atoms with Crippen molar-refractivity contribution in [2.75, 3.05) is 12.4 Å². The van der Waals surface area contributed by atoms with Crippen LogP contribution in [0.5, 0.6) is 0 Å². The first-order valence-corrected chi connectivity index (χ1v) is 7.55. The van der Waals surface area contributed by atoms with Crippen molar-refractivity contribution in [3.63, 3.8) is 0 Å². The second kappa shape index (κ2) is 6.78. The summed E-state index contributed by atoms with van der Waals surface area (Å²) in [5, 5.41) is 3.60. The van der Waals surface area contributed by atoms with Gasteiger partial charge < -0.3 is 10.1 Å². The molecule has 1 aliphatic rings. The smallest absolute Gasteiger partial charge is 0.337 e. The van der Waals surface area contributed by atoms with Crippen LogP contribution in [0.25, 0.3) is 0 Å². The molecular weight excluding hydrogens is 250 g/mol. The molecule has 3 nitrogen and oxygen atoms in total. The van der Waals surface area contributed by atoms with Crippen LogP contribution in [0, 0.1) is 11.8 Å². The third-order valence-electron chi connectivity index (χ3n) is 4.33. The van der Waals surface area contributed by atoms with E-state index in [-0.39, 0.29) is 5.97 Å². The average molecular weight is 275 g/mol. The van der Waals surface area contributed by atoms with E-state index in [1.807, 2.05) is 24.3 Å². The maximum absolute atomic E-state index is 11.4. The molecule has 0 aliphatic heterocycles. The molecule has 0 saturated heterocycles. The number of methoxy groups -OCH3 is 1. The molecule has 0 spiro atoms. The summed E-state index contributed by atoms with van der Waals surface area (Å²) in [5.41, 5.74) is 1.69. The number of carbonyl (C=O) groups is 1. The maximum Gasteiger partial charge on any atom is 0.337 e. The van der Waals surface area contributed by atoms with Gasteiger partial charge in [-0.1, -0.05) is 26.7 Å². The van der Waals surface area contributed by atoms with Crippen LogP contribution in [-0.2, 0) is 4.74 Å². The summed E-state index contributed by atoms with van der Waals surface area (Å²) < 4.78 is 4.71. The SMILES string of the molecule is COC(=O)c1ccc(NC2CCCC(C(C)C)C2)cc1. The van der Waals surface area contributed by atoms with Crippen LogP contribution in [-0.4, -0.2) is 19.1 Å². The Hall–Kier alpha value is -1.51. The maximum atomic E-state index is 11.4. The largest absolute Gasteiger partial charge is 0.465 e. The molecule has 2 rings (SSSR count). The van der Waals surface area contributed by atoms with E-state index in [2.05, 4.69) is 19.2 Å². The Labute approximate surface area is 121 Å². The quantitative estimate of drug-likeness (QED) is 0.841. The minimum absolute atomic E-state index is 0.283. The summed E-state index contributed by atoms with van der Waals surface area (Å²) in [4.78, 5) is 11.4. The van der Waals surface area contributed by atoms with Crippen molar-refractivity contribution in [3.8, 4) is 0 Å². The molecule has 1 aromatic carbocycles. The number of ether oxygens (including phenoxy) is 1. The fourth-order valence-corrected chi connectivity index (χ4v) is 3.02. The van der Waals surface area contributed by atoms with Crippen LogP contribution < -0.4 is 5.32 Å². The lowest BCUT2D eigenvalue weighted by Gasteiger charge is -2.32. The zero-order chi connectivity index (χ0) is 14.5. The van der Waals surface area contributed by atoms with Crippen molar-refractivity contribution >= 4 is 11.7 Å². The Balaban J connectivity index is 1.94. The number of rotatable bonds is 4. The van der Waals surface area contributed by atoms with E-state index in [1.54, 1.807) is 0 Å². The minimum atomic E-state index is -0.283. The van der Waals surface area contributed by atoms with Gasteiger partial charge in [-0.15, -0.1) is 0 Å². The van der Waals surface area contributed by atoms with Crippen LogP contribution >= 0.6 is 0 Å². The van der Waals surface area contributed by atoms with Crippen LogP contribution in [0.2, 0.25) is 0 Å². The van der Waals surface area contributed by atoms with Gasteiger partial charge in [0.25, 0.3) is 0 Å². The molecule has 1 fully saturated rings. The Morgan fingerprint density at radius 3 is 2.55 bits per heavy atom. The zero-order valence-electron chi connectivity index (χ0n) is 12.7. The van der Waals surface area contributed by atoms with Gasteiger partial charge in [0.15, 0.2) is 0 Å². The van der Waals surface area contributed by atoms with E-state index in [0.29, 0.717) is 11.6 Å². The molecule has 110 valence electrons. The first-order valence-electron chi connectivity index (χ1n) is 7.55. The number of hydrogen-bond acceptors (Lipinski definition) is 3. The molecule has 0 amide bonds. The number of benzene rings is 1. The fourth-order valence-electron chi connectivity index (χ4n) is 3.02. The summed E-state index contributed by atoms with van der Waals surface area (Å²) in [6.07, 6.45) is 5.15. The van der Waals surface area contributed by atoms with Crippen LogP contribution in [0.3, 0.4) is 0 Å². The average Bonchev–Trinajstić information content (AvgIpc) is 2.47. The van der Waals surface area contributed by atoms with Gasteiger partial charge in [0.2, 0.25) is 0 Å². The van der Waals surface area contributed by atoms with Gasteiger partial charge in [0.05, 0.1) is 12.7 Å². The first kappa shape index (κ1) is 14.9. The molecule has 0 aromatic heterocycles. The Kier molecular flexibility index (Phi) is 5.05. The summed E-state index contributed by atoms with van der Waals surface area (Å²) in [6, 6.07) is 8.12. The molecule has 3 heteroatoms. The predicted octanol–water partition coefficient (Wildman–Crippen LogP) is 4.10. The van der Waals surface area contributed by atoms with Crippen molar-refractivity contribution in [2.24, 2.45) is 11.8 Å². The molecule has 2 atom stereocenters. The highest BCUT2D eigenvalue weighted by atomic mass is 16.5. The van der Waals surface area contributed by atoms with E-state index in [0.717, 1.165) is 17.5 Å². The molecule has 1 aromatic rings. The van der Waals surface area contributed by atoms with E-state index in [4.69, 9.17) is 4.74 Å².